The summed E-state index contributed by atoms with van der Waals surface area (Å²) in [5.74, 6) is -0.699. The van der Waals surface area contributed by atoms with Crippen molar-refractivity contribution in [1.82, 2.24) is 4.57 Å². The fourth-order valence-corrected chi connectivity index (χ4v) is 5.64. The number of methoxy groups -OCH3 is 2. The van der Waals surface area contributed by atoms with Crippen molar-refractivity contribution in [3.05, 3.63) is 82.7 Å². The van der Waals surface area contributed by atoms with E-state index in [1.807, 2.05) is 13.0 Å². The third kappa shape index (κ3) is 5.16. The van der Waals surface area contributed by atoms with Crippen LogP contribution in [0.2, 0.25) is 0 Å². The largest absolute Gasteiger partial charge is 0.495 e. The predicted molar refractivity (Wildman–Crippen MR) is 137 cm³/mol. The van der Waals surface area contributed by atoms with Crippen molar-refractivity contribution < 1.29 is 27.5 Å². The highest BCUT2D eigenvalue weighted by molar-refractivity contribution is 7.92. The number of nitrogens with one attached hydrogen (secondary N) is 1. The monoisotopic (exact) mass is 525 g/mol. The van der Waals surface area contributed by atoms with Gasteiger partial charge in [0.15, 0.2) is 4.80 Å². The van der Waals surface area contributed by atoms with Gasteiger partial charge in [0.2, 0.25) is 0 Å². The number of esters is 1. The molecule has 4 rings (SSSR count). The number of sulfonamides is 1. The van der Waals surface area contributed by atoms with Crippen LogP contribution in [0.25, 0.3) is 10.2 Å². The summed E-state index contributed by atoms with van der Waals surface area (Å²) in [4.78, 5) is 30.0. The summed E-state index contributed by atoms with van der Waals surface area (Å²) in [6, 6.07) is 17.9. The average molecular weight is 526 g/mol. The van der Waals surface area contributed by atoms with Gasteiger partial charge in [-0.3, -0.25) is 14.3 Å². The molecule has 11 heteroatoms. The zero-order chi connectivity index (χ0) is 25.9. The van der Waals surface area contributed by atoms with E-state index in [1.54, 1.807) is 41.0 Å². The molecule has 0 atom stereocenters. The van der Waals surface area contributed by atoms with E-state index in [-0.39, 0.29) is 27.5 Å². The van der Waals surface area contributed by atoms with Gasteiger partial charge in [-0.25, -0.2) is 8.42 Å². The minimum Gasteiger partial charge on any atom is -0.495 e. The highest BCUT2D eigenvalue weighted by Gasteiger charge is 2.20. The van der Waals surface area contributed by atoms with Gasteiger partial charge >= 0.3 is 5.97 Å². The molecule has 3 aromatic carbocycles. The van der Waals surface area contributed by atoms with Crippen LogP contribution in [0.1, 0.15) is 15.9 Å². The first kappa shape index (κ1) is 25.1. The van der Waals surface area contributed by atoms with Gasteiger partial charge in [-0.15, -0.1) is 0 Å². The first-order chi connectivity index (χ1) is 17.2. The van der Waals surface area contributed by atoms with Crippen LogP contribution in [0.3, 0.4) is 0 Å². The summed E-state index contributed by atoms with van der Waals surface area (Å²) < 4.78 is 40.9. The van der Waals surface area contributed by atoms with E-state index in [0.29, 0.717) is 11.3 Å². The molecule has 4 aromatic rings. The molecule has 0 saturated carbocycles. The molecular weight excluding hydrogens is 502 g/mol. The highest BCUT2D eigenvalue weighted by atomic mass is 32.2. The third-order valence-corrected chi connectivity index (χ3v) is 7.75. The van der Waals surface area contributed by atoms with Crippen molar-refractivity contribution in [3.8, 4) is 5.75 Å². The Balaban J connectivity index is 1.79. The van der Waals surface area contributed by atoms with Crippen LogP contribution in [-0.4, -0.2) is 39.1 Å². The Hall–Kier alpha value is -3.96. The van der Waals surface area contributed by atoms with Gasteiger partial charge in [0.1, 0.15) is 17.8 Å². The van der Waals surface area contributed by atoms with Crippen molar-refractivity contribution in [2.24, 2.45) is 4.99 Å². The summed E-state index contributed by atoms with van der Waals surface area (Å²) in [6.07, 6.45) is 0. The van der Waals surface area contributed by atoms with Gasteiger partial charge in [0.25, 0.3) is 15.9 Å². The SMILES string of the molecule is COC(=O)Cn1c(=NC(=O)c2ccccc2NS(=O)(=O)c2ccc(C)cc2)sc2cccc(OC)c21. The molecule has 0 radical (unpaired) electrons. The maximum Gasteiger partial charge on any atom is 0.325 e. The number of aryl methyl sites for hydroxylation is 1. The zero-order valence-corrected chi connectivity index (χ0v) is 21.4. The molecule has 1 aromatic heterocycles. The Bertz CT molecular complexity index is 1620. The maximum absolute atomic E-state index is 13.3. The second-order valence-electron chi connectivity index (χ2n) is 7.74. The number of hydrogen-bond donors (Lipinski definition) is 1. The minimum atomic E-state index is -3.94. The number of thiazole rings is 1. The topological polar surface area (TPSA) is 116 Å². The summed E-state index contributed by atoms with van der Waals surface area (Å²) in [5.41, 5.74) is 1.66. The number of carbonyl (C=O) groups excluding carboxylic acids is 2. The number of rotatable bonds is 7. The Morgan fingerprint density at radius 3 is 2.42 bits per heavy atom. The molecule has 0 saturated heterocycles. The Morgan fingerprint density at radius 2 is 1.72 bits per heavy atom. The average Bonchev–Trinajstić information content (AvgIpc) is 3.20. The van der Waals surface area contributed by atoms with E-state index in [9.17, 15) is 18.0 Å². The lowest BCUT2D eigenvalue weighted by atomic mass is 10.2. The van der Waals surface area contributed by atoms with E-state index >= 15 is 0 Å². The molecule has 0 aliphatic carbocycles. The quantitative estimate of drug-likeness (QED) is 0.368. The lowest BCUT2D eigenvalue weighted by Gasteiger charge is -2.11. The summed E-state index contributed by atoms with van der Waals surface area (Å²) in [5, 5.41) is 0. The number of aromatic nitrogens is 1. The van der Waals surface area contributed by atoms with Crippen molar-refractivity contribution in [2.45, 2.75) is 18.4 Å². The first-order valence-electron chi connectivity index (χ1n) is 10.7. The normalized spacial score (nSPS) is 11.9. The molecular formula is C25H23N3O6S2. The van der Waals surface area contributed by atoms with Gasteiger partial charge in [0.05, 0.1) is 35.1 Å². The van der Waals surface area contributed by atoms with Crippen LogP contribution in [-0.2, 0) is 26.1 Å². The number of ether oxygens (including phenoxy) is 2. The van der Waals surface area contributed by atoms with Crippen LogP contribution in [0.4, 0.5) is 5.69 Å². The van der Waals surface area contributed by atoms with E-state index in [2.05, 4.69) is 9.71 Å². The Labute approximate surface area is 211 Å². The second-order valence-corrected chi connectivity index (χ2v) is 10.4. The molecule has 0 fully saturated rings. The molecule has 1 amide bonds. The van der Waals surface area contributed by atoms with Crippen molar-refractivity contribution in [1.29, 1.82) is 0 Å². The van der Waals surface area contributed by atoms with Gasteiger partial charge < -0.3 is 14.0 Å². The van der Waals surface area contributed by atoms with E-state index in [0.717, 1.165) is 10.3 Å². The number of benzene rings is 3. The third-order valence-electron chi connectivity index (χ3n) is 5.33. The maximum atomic E-state index is 13.3. The fourth-order valence-electron chi connectivity index (χ4n) is 3.51. The number of carbonyl (C=O) groups is 2. The van der Waals surface area contributed by atoms with E-state index in [1.165, 1.54) is 49.8 Å². The van der Waals surface area contributed by atoms with Crippen LogP contribution in [0.5, 0.6) is 5.75 Å². The number of nitrogens with zero attached hydrogens (tertiary/aromatic N) is 2. The molecule has 0 unspecified atom stereocenters. The minimum absolute atomic E-state index is 0.0576. The summed E-state index contributed by atoms with van der Waals surface area (Å²) >= 11 is 1.20. The first-order valence-corrected chi connectivity index (χ1v) is 13.0. The lowest BCUT2D eigenvalue weighted by Crippen LogP contribution is -2.23. The van der Waals surface area contributed by atoms with Gasteiger partial charge in [0, 0.05) is 0 Å². The smallest absolute Gasteiger partial charge is 0.325 e. The second kappa shape index (κ2) is 10.3. The molecule has 0 spiro atoms. The Morgan fingerprint density at radius 1 is 1.00 bits per heavy atom. The summed E-state index contributed by atoms with van der Waals surface area (Å²) in [6.45, 7) is 1.67. The molecule has 36 heavy (non-hydrogen) atoms. The lowest BCUT2D eigenvalue weighted by molar-refractivity contribution is -0.141. The molecule has 0 aliphatic rings. The molecule has 0 bridgehead atoms. The fraction of sp³-hybridized carbons (Fsp3) is 0.160. The van der Waals surface area contributed by atoms with Crippen LogP contribution in [0, 0.1) is 6.92 Å². The van der Waals surface area contributed by atoms with Crippen LogP contribution >= 0.6 is 11.3 Å². The predicted octanol–water partition coefficient (Wildman–Crippen LogP) is 3.73. The molecule has 1 heterocycles. The van der Waals surface area contributed by atoms with Gasteiger partial charge in [-0.1, -0.05) is 47.2 Å². The van der Waals surface area contributed by atoms with Crippen LogP contribution in [0.15, 0.2) is 76.6 Å². The molecule has 0 aliphatic heterocycles. The number of hydrogen-bond acceptors (Lipinski definition) is 7. The van der Waals surface area contributed by atoms with Crippen molar-refractivity contribution >= 4 is 49.1 Å². The molecule has 186 valence electrons. The number of anilines is 1. The van der Waals surface area contributed by atoms with Crippen molar-refractivity contribution in [3.63, 3.8) is 0 Å². The number of amides is 1. The number of para-hydroxylation sites is 2. The van der Waals surface area contributed by atoms with E-state index < -0.39 is 21.9 Å². The van der Waals surface area contributed by atoms with Crippen LogP contribution < -0.4 is 14.3 Å². The van der Waals surface area contributed by atoms with E-state index in [4.69, 9.17) is 9.47 Å². The van der Waals surface area contributed by atoms with Gasteiger partial charge in [-0.05, 0) is 43.3 Å². The van der Waals surface area contributed by atoms with Crippen molar-refractivity contribution in [2.75, 3.05) is 18.9 Å². The standard InChI is InChI=1S/C25H23N3O6S2/c1-16-11-13-17(14-12-16)36(31,32)27-19-8-5-4-7-18(19)24(30)26-25-28(15-22(29)34-3)23-20(33-2)9-6-10-21(23)35-25/h4-14,27H,15H2,1-3H3. The molecule has 1 N–H and O–H groups in total. The van der Waals surface area contributed by atoms with Gasteiger partial charge in [-0.2, -0.15) is 4.99 Å². The highest BCUT2D eigenvalue weighted by Crippen LogP contribution is 2.28. The summed E-state index contributed by atoms with van der Waals surface area (Å²) in [7, 11) is -1.16. The Kier molecular flexibility index (Phi) is 7.22. The zero-order valence-electron chi connectivity index (χ0n) is 19.7. The molecule has 9 nitrogen and oxygen atoms in total. The number of fused-ring (bicyclic) bond motifs is 1.